The number of anilines is 1. The monoisotopic (exact) mass is 412 g/mol. The Labute approximate surface area is 172 Å². The van der Waals surface area contributed by atoms with E-state index >= 15 is 0 Å². The topological polar surface area (TPSA) is 49.4 Å². The number of thiocarbonyl (C=S) groups is 1. The molecule has 1 fully saturated rings. The van der Waals surface area contributed by atoms with Crippen LogP contribution in [0.3, 0.4) is 0 Å². The number of hydrogen-bond acceptors (Lipinski definition) is 4. The average molecular weight is 413 g/mol. The van der Waals surface area contributed by atoms with Gasteiger partial charge in [0.25, 0.3) is 5.91 Å². The average Bonchev–Trinajstić information content (AvgIpc) is 2.90. The first-order chi connectivity index (χ1) is 13.4. The minimum Gasteiger partial charge on any atom is -0.324 e. The van der Waals surface area contributed by atoms with E-state index in [-0.39, 0.29) is 12.5 Å². The highest BCUT2D eigenvalue weighted by Crippen LogP contribution is 2.32. The summed E-state index contributed by atoms with van der Waals surface area (Å²) >= 11 is 6.41. The molecule has 3 rings (SSSR count). The van der Waals surface area contributed by atoms with Gasteiger partial charge in [-0.05, 0) is 42.3 Å². The third kappa shape index (κ3) is 5.15. The number of rotatable bonds is 5. The highest BCUT2D eigenvalue weighted by Gasteiger charge is 2.33. The van der Waals surface area contributed by atoms with Crippen LogP contribution in [0.4, 0.5) is 10.1 Å². The van der Waals surface area contributed by atoms with E-state index in [0.717, 1.165) is 22.9 Å². The number of amides is 2. The molecule has 4 nitrogen and oxygen atoms in total. The molecule has 2 aromatic rings. The lowest BCUT2D eigenvalue weighted by molar-refractivity contribution is -0.126. The van der Waals surface area contributed by atoms with Crippen molar-refractivity contribution in [3.63, 3.8) is 0 Å². The van der Waals surface area contributed by atoms with Crippen LogP contribution in [0.1, 0.15) is 12.5 Å². The Bertz CT molecular complexity index is 987. The summed E-state index contributed by atoms with van der Waals surface area (Å²) in [5.41, 5.74) is 2.25. The lowest BCUT2D eigenvalue weighted by atomic mass is 10.1. The molecule has 0 unspecified atom stereocenters. The molecule has 0 aromatic heterocycles. The summed E-state index contributed by atoms with van der Waals surface area (Å²) in [7, 11) is 0. The molecule has 0 saturated carbocycles. The molecule has 28 heavy (non-hydrogen) atoms. The van der Waals surface area contributed by atoms with Gasteiger partial charge < -0.3 is 5.32 Å². The van der Waals surface area contributed by atoms with E-state index in [0.29, 0.717) is 14.9 Å². The molecule has 2 amide bonds. The highest BCUT2D eigenvalue weighted by atomic mass is 32.2. The maximum Gasteiger partial charge on any atom is 0.266 e. The van der Waals surface area contributed by atoms with Gasteiger partial charge in [0, 0.05) is 5.69 Å². The van der Waals surface area contributed by atoms with Crippen molar-refractivity contribution in [2.24, 2.45) is 0 Å². The predicted octanol–water partition coefficient (Wildman–Crippen LogP) is 4.61. The van der Waals surface area contributed by atoms with Crippen LogP contribution < -0.4 is 5.32 Å². The van der Waals surface area contributed by atoms with E-state index < -0.39 is 11.7 Å². The summed E-state index contributed by atoms with van der Waals surface area (Å²) in [5, 5.41) is 2.57. The lowest BCUT2D eigenvalue weighted by Crippen LogP contribution is -2.36. The summed E-state index contributed by atoms with van der Waals surface area (Å²) in [4.78, 5) is 26.6. The molecular weight excluding hydrogens is 395 g/mol. The Morgan fingerprint density at radius 2 is 1.96 bits per heavy atom. The number of allylic oxidation sites excluding steroid dienone is 2. The first-order valence-corrected chi connectivity index (χ1v) is 9.69. The number of benzene rings is 2. The van der Waals surface area contributed by atoms with Gasteiger partial charge in [0.1, 0.15) is 16.7 Å². The fourth-order valence-corrected chi connectivity index (χ4v) is 3.91. The van der Waals surface area contributed by atoms with Crippen molar-refractivity contribution < 1.29 is 14.0 Å². The van der Waals surface area contributed by atoms with Crippen LogP contribution in [0, 0.1) is 5.82 Å². The van der Waals surface area contributed by atoms with E-state index in [9.17, 15) is 14.0 Å². The molecule has 142 valence electrons. The molecule has 7 heteroatoms. The van der Waals surface area contributed by atoms with E-state index in [2.05, 4.69) is 5.32 Å². The third-order valence-electron chi connectivity index (χ3n) is 3.84. The molecule has 2 aromatic carbocycles. The Morgan fingerprint density at radius 1 is 1.21 bits per heavy atom. The fraction of sp³-hybridized carbons (Fsp3) is 0.0952. The number of hydrogen-bond donors (Lipinski definition) is 1. The first kappa shape index (κ1) is 20.0. The molecular formula is C21H17FN2O2S2. The zero-order chi connectivity index (χ0) is 20.1. The van der Waals surface area contributed by atoms with E-state index in [4.69, 9.17) is 12.2 Å². The molecule has 1 heterocycles. The Hall–Kier alpha value is -2.77. The summed E-state index contributed by atoms with van der Waals surface area (Å²) < 4.78 is 13.5. The van der Waals surface area contributed by atoms with Crippen molar-refractivity contribution in [2.75, 3.05) is 11.9 Å². The number of thioether (sulfide) groups is 1. The van der Waals surface area contributed by atoms with Crippen molar-refractivity contribution in [3.8, 4) is 0 Å². The van der Waals surface area contributed by atoms with Gasteiger partial charge in [0.05, 0.1) is 4.91 Å². The Kier molecular flexibility index (Phi) is 6.38. The maximum absolute atomic E-state index is 13.2. The van der Waals surface area contributed by atoms with Crippen molar-refractivity contribution in [1.29, 1.82) is 0 Å². The van der Waals surface area contributed by atoms with E-state index in [1.54, 1.807) is 12.1 Å². The molecule has 0 spiro atoms. The quantitative estimate of drug-likeness (QED) is 0.575. The van der Waals surface area contributed by atoms with Gasteiger partial charge in [-0.1, -0.05) is 66.5 Å². The van der Waals surface area contributed by atoms with Crippen LogP contribution >= 0.6 is 24.0 Å². The molecule has 1 aliphatic rings. The second kappa shape index (κ2) is 8.95. The van der Waals surface area contributed by atoms with Crippen LogP contribution in [0.25, 0.3) is 6.08 Å². The minimum absolute atomic E-state index is 0.222. The molecule has 0 bridgehead atoms. The summed E-state index contributed by atoms with van der Waals surface area (Å²) in [5.74, 6) is -1.21. The largest absolute Gasteiger partial charge is 0.324 e. The van der Waals surface area contributed by atoms with Gasteiger partial charge in [0.15, 0.2) is 0 Å². The summed E-state index contributed by atoms with van der Waals surface area (Å²) in [6.07, 6.45) is 3.72. The van der Waals surface area contributed by atoms with Crippen LogP contribution in [-0.2, 0) is 9.59 Å². The number of carbonyl (C=O) groups excluding carboxylic acids is 2. The zero-order valence-electron chi connectivity index (χ0n) is 15.0. The van der Waals surface area contributed by atoms with Gasteiger partial charge in [-0.2, -0.15) is 0 Å². The first-order valence-electron chi connectivity index (χ1n) is 8.46. The molecule has 1 saturated heterocycles. The number of nitrogens with zero attached hydrogens (tertiary/aromatic N) is 1. The van der Waals surface area contributed by atoms with Crippen molar-refractivity contribution in [1.82, 2.24) is 4.90 Å². The maximum atomic E-state index is 13.2. The second-order valence-corrected chi connectivity index (χ2v) is 7.80. The summed E-state index contributed by atoms with van der Waals surface area (Å²) in [6, 6.07) is 15.3. The van der Waals surface area contributed by atoms with E-state index in [1.165, 1.54) is 23.1 Å². The Morgan fingerprint density at radius 3 is 2.68 bits per heavy atom. The van der Waals surface area contributed by atoms with Gasteiger partial charge in [-0.3, -0.25) is 14.5 Å². The van der Waals surface area contributed by atoms with Gasteiger partial charge in [-0.25, -0.2) is 4.39 Å². The van der Waals surface area contributed by atoms with Crippen molar-refractivity contribution in [3.05, 3.63) is 82.5 Å². The molecule has 1 N–H and O–H groups in total. The van der Waals surface area contributed by atoms with Crippen LogP contribution in [0.2, 0.25) is 0 Å². The molecule has 0 radical (unpaired) electrons. The molecule has 0 atom stereocenters. The molecule has 1 aliphatic heterocycles. The smallest absolute Gasteiger partial charge is 0.266 e. The second-order valence-electron chi connectivity index (χ2n) is 6.13. The van der Waals surface area contributed by atoms with Gasteiger partial charge >= 0.3 is 0 Å². The van der Waals surface area contributed by atoms with E-state index in [1.807, 2.05) is 43.3 Å². The van der Waals surface area contributed by atoms with Crippen molar-refractivity contribution in [2.45, 2.75) is 6.92 Å². The number of halogens is 1. The number of carbonyl (C=O) groups is 2. The lowest BCUT2D eigenvalue weighted by Gasteiger charge is -2.14. The van der Waals surface area contributed by atoms with Crippen molar-refractivity contribution >= 4 is 51.9 Å². The fourth-order valence-electron chi connectivity index (χ4n) is 2.61. The third-order valence-corrected chi connectivity index (χ3v) is 5.21. The van der Waals surface area contributed by atoms with Crippen LogP contribution in [0.5, 0.6) is 0 Å². The van der Waals surface area contributed by atoms with Gasteiger partial charge in [0.2, 0.25) is 5.91 Å². The SMILES string of the molecule is CC(=C/c1ccccc1)/C=C1\SC(=S)N(CC(=O)Nc2cccc(F)c2)C1=O. The van der Waals surface area contributed by atoms with Crippen LogP contribution in [0.15, 0.2) is 71.2 Å². The summed E-state index contributed by atoms with van der Waals surface area (Å²) in [6.45, 7) is 1.68. The van der Waals surface area contributed by atoms with Gasteiger partial charge in [-0.15, -0.1) is 0 Å². The Balaban J connectivity index is 1.67. The van der Waals surface area contributed by atoms with Crippen LogP contribution in [-0.4, -0.2) is 27.6 Å². The highest BCUT2D eigenvalue weighted by molar-refractivity contribution is 8.26. The predicted molar refractivity (Wildman–Crippen MR) is 115 cm³/mol. The normalized spacial score (nSPS) is 16.0. The standard InChI is InChI=1S/C21H17FN2O2S2/c1-14(10-15-6-3-2-4-7-15)11-18-20(26)24(21(27)28-18)13-19(25)23-17-9-5-8-16(22)12-17/h2-12H,13H2,1H3,(H,23,25)/b14-10-,18-11-. The number of nitrogens with one attached hydrogen (secondary N) is 1. The molecule has 0 aliphatic carbocycles. The zero-order valence-corrected chi connectivity index (χ0v) is 16.6. The minimum atomic E-state index is -0.452.